The zero-order valence-electron chi connectivity index (χ0n) is 10.3. The molecule has 1 aliphatic carbocycles. The Morgan fingerprint density at radius 2 is 2.05 bits per heavy atom. The highest BCUT2D eigenvalue weighted by Crippen LogP contribution is 2.35. The Balaban J connectivity index is 1.88. The SMILES string of the molecule is Nc1ccc2c(c1)CCC2Nc1cc(Cl)ccc1F. The maximum atomic E-state index is 13.7. The van der Waals surface area contributed by atoms with Crippen LogP contribution in [0, 0.1) is 5.82 Å². The van der Waals surface area contributed by atoms with Gasteiger partial charge in [0.1, 0.15) is 5.82 Å². The number of fused-ring (bicyclic) bond motifs is 1. The van der Waals surface area contributed by atoms with Crippen LogP contribution in [0.25, 0.3) is 0 Å². The lowest BCUT2D eigenvalue weighted by atomic mass is 10.1. The van der Waals surface area contributed by atoms with Crippen LogP contribution in [0.4, 0.5) is 15.8 Å². The summed E-state index contributed by atoms with van der Waals surface area (Å²) in [6.45, 7) is 0. The standard InChI is InChI=1S/C15H14ClFN2/c16-10-2-5-13(17)15(8-10)19-14-6-1-9-7-11(18)3-4-12(9)14/h2-5,7-8,14,19H,1,6,18H2. The normalized spacial score (nSPS) is 17.3. The number of nitrogen functional groups attached to an aromatic ring is 1. The van der Waals surface area contributed by atoms with Crippen molar-refractivity contribution in [3.63, 3.8) is 0 Å². The zero-order valence-corrected chi connectivity index (χ0v) is 11.0. The summed E-state index contributed by atoms with van der Waals surface area (Å²) in [4.78, 5) is 0. The first-order valence-electron chi connectivity index (χ1n) is 6.23. The third-order valence-corrected chi connectivity index (χ3v) is 3.74. The largest absolute Gasteiger partial charge is 0.399 e. The van der Waals surface area contributed by atoms with Gasteiger partial charge >= 0.3 is 0 Å². The molecule has 2 nitrogen and oxygen atoms in total. The Hall–Kier alpha value is -1.74. The predicted molar refractivity (Wildman–Crippen MR) is 76.9 cm³/mol. The lowest BCUT2D eigenvalue weighted by Gasteiger charge is -2.16. The molecule has 98 valence electrons. The molecule has 0 saturated carbocycles. The van der Waals surface area contributed by atoms with Gasteiger partial charge < -0.3 is 11.1 Å². The molecule has 0 spiro atoms. The van der Waals surface area contributed by atoms with Crippen molar-refractivity contribution in [2.24, 2.45) is 0 Å². The summed E-state index contributed by atoms with van der Waals surface area (Å²) >= 11 is 5.90. The number of hydrogen-bond acceptors (Lipinski definition) is 2. The van der Waals surface area contributed by atoms with Gasteiger partial charge in [0.2, 0.25) is 0 Å². The molecule has 2 aromatic carbocycles. The maximum absolute atomic E-state index is 13.7. The van der Waals surface area contributed by atoms with E-state index in [-0.39, 0.29) is 11.9 Å². The molecule has 0 heterocycles. The molecular weight excluding hydrogens is 263 g/mol. The van der Waals surface area contributed by atoms with Gasteiger partial charge in [0.25, 0.3) is 0 Å². The van der Waals surface area contributed by atoms with E-state index in [0.717, 1.165) is 18.5 Å². The van der Waals surface area contributed by atoms with E-state index in [1.54, 1.807) is 12.1 Å². The molecule has 0 amide bonds. The first-order chi connectivity index (χ1) is 9.13. The number of halogens is 2. The molecule has 0 aromatic heterocycles. The van der Waals surface area contributed by atoms with Crippen molar-refractivity contribution in [3.8, 4) is 0 Å². The van der Waals surface area contributed by atoms with Crippen LogP contribution in [0.5, 0.6) is 0 Å². The lowest BCUT2D eigenvalue weighted by Crippen LogP contribution is -2.08. The van der Waals surface area contributed by atoms with Crippen molar-refractivity contribution in [3.05, 3.63) is 58.4 Å². The molecule has 3 N–H and O–H groups in total. The number of aryl methyl sites for hydroxylation is 1. The third-order valence-electron chi connectivity index (χ3n) is 3.50. The van der Waals surface area contributed by atoms with Gasteiger partial charge in [-0.15, -0.1) is 0 Å². The summed E-state index contributed by atoms with van der Waals surface area (Å²) < 4.78 is 13.7. The van der Waals surface area contributed by atoms with Crippen molar-refractivity contribution in [2.75, 3.05) is 11.1 Å². The summed E-state index contributed by atoms with van der Waals surface area (Å²) in [5.41, 5.74) is 9.42. The number of benzene rings is 2. The van der Waals surface area contributed by atoms with Gasteiger partial charge in [-0.25, -0.2) is 4.39 Å². The molecule has 2 aromatic rings. The van der Waals surface area contributed by atoms with Gasteiger partial charge in [-0.05, 0) is 54.3 Å². The minimum Gasteiger partial charge on any atom is -0.399 e. The number of rotatable bonds is 2. The molecular formula is C15H14ClFN2. The second-order valence-corrected chi connectivity index (χ2v) is 5.25. The number of nitrogens with one attached hydrogen (secondary N) is 1. The van der Waals surface area contributed by atoms with Crippen molar-refractivity contribution < 1.29 is 4.39 Å². The molecule has 1 aliphatic rings. The molecule has 3 rings (SSSR count). The van der Waals surface area contributed by atoms with E-state index in [9.17, 15) is 4.39 Å². The van der Waals surface area contributed by atoms with Crippen LogP contribution < -0.4 is 11.1 Å². The van der Waals surface area contributed by atoms with Crippen molar-refractivity contribution >= 4 is 23.0 Å². The minimum atomic E-state index is -0.284. The molecule has 19 heavy (non-hydrogen) atoms. The Labute approximate surface area is 116 Å². The van der Waals surface area contributed by atoms with Gasteiger partial charge in [0, 0.05) is 10.7 Å². The van der Waals surface area contributed by atoms with Gasteiger partial charge in [-0.1, -0.05) is 17.7 Å². The third kappa shape index (κ3) is 2.38. The Morgan fingerprint density at radius 3 is 2.89 bits per heavy atom. The van der Waals surface area contributed by atoms with Gasteiger partial charge in [-0.3, -0.25) is 0 Å². The Bertz CT molecular complexity index is 628. The van der Waals surface area contributed by atoms with E-state index in [1.807, 2.05) is 18.2 Å². The second-order valence-electron chi connectivity index (χ2n) is 4.82. The van der Waals surface area contributed by atoms with E-state index in [4.69, 9.17) is 17.3 Å². The predicted octanol–water partition coefficient (Wildman–Crippen LogP) is 4.16. The van der Waals surface area contributed by atoms with Crippen LogP contribution in [-0.4, -0.2) is 0 Å². The quantitative estimate of drug-likeness (QED) is 0.808. The van der Waals surface area contributed by atoms with Crippen LogP contribution in [-0.2, 0) is 6.42 Å². The molecule has 0 fully saturated rings. The fraction of sp³-hybridized carbons (Fsp3) is 0.200. The topological polar surface area (TPSA) is 38.0 Å². The van der Waals surface area contributed by atoms with E-state index in [0.29, 0.717) is 10.7 Å². The maximum Gasteiger partial charge on any atom is 0.146 e. The van der Waals surface area contributed by atoms with Crippen LogP contribution in [0.2, 0.25) is 5.02 Å². The Morgan fingerprint density at radius 1 is 1.21 bits per heavy atom. The number of hydrogen-bond donors (Lipinski definition) is 2. The minimum absolute atomic E-state index is 0.114. The first kappa shape index (κ1) is 12.3. The summed E-state index contributed by atoms with van der Waals surface area (Å²) in [5.74, 6) is -0.284. The summed E-state index contributed by atoms with van der Waals surface area (Å²) in [6.07, 6.45) is 1.89. The second kappa shape index (κ2) is 4.74. The fourth-order valence-electron chi connectivity index (χ4n) is 2.58. The highest BCUT2D eigenvalue weighted by atomic mass is 35.5. The highest BCUT2D eigenvalue weighted by molar-refractivity contribution is 6.30. The molecule has 0 bridgehead atoms. The van der Waals surface area contributed by atoms with E-state index in [2.05, 4.69) is 5.32 Å². The summed E-state index contributed by atoms with van der Waals surface area (Å²) in [6, 6.07) is 10.5. The van der Waals surface area contributed by atoms with Crippen LogP contribution in [0.1, 0.15) is 23.6 Å². The zero-order chi connectivity index (χ0) is 13.4. The van der Waals surface area contributed by atoms with Crippen LogP contribution in [0.3, 0.4) is 0 Å². The van der Waals surface area contributed by atoms with E-state index in [1.165, 1.54) is 17.2 Å². The molecule has 1 atom stereocenters. The molecule has 4 heteroatoms. The number of anilines is 2. The molecule has 0 aliphatic heterocycles. The van der Waals surface area contributed by atoms with Gasteiger partial charge in [0.15, 0.2) is 0 Å². The summed E-state index contributed by atoms with van der Waals surface area (Å²) in [5, 5.41) is 3.75. The fourth-order valence-corrected chi connectivity index (χ4v) is 2.76. The van der Waals surface area contributed by atoms with Crippen LogP contribution >= 0.6 is 11.6 Å². The van der Waals surface area contributed by atoms with E-state index < -0.39 is 0 Å². The van der Waals surface area contributed by atoms with Gasteiger partial charge in [-0.2, -0.15) is 0 Å². The lowest BCUT2D eigenvalue weighted by molar-refractivity contribution is 0.625. The molecule has 0 radical (unpaired) electrons. The smallest absolute Gasteiger partial charge is 0.146 e. The van der Waals surface area contributed by atoms with Gasteiger partial charge in [0.05, 0.1) is 11.7 Å². The van der Waals surface area contributed by atoms with E-state index >= 15 is 0 Å². The van der Waals surface area contributed by atoms with Crippen molar-refractivity contribution in [2.45, 2.75) is 18.9 Å². The average Bonchev–Trinajstić information content (AvgIpc) is 2.76. The highest BCUT2D eigenvalue weighted by Gasteiger charge is 2.23. The van der Waals surface area contributed by atoms with Crippen molar-refractivity contribution in [1.82, 2.24) is 0 Å². The monoisotopic (exact) mass is 276 g/mol. The molecule has 0 saturated heterocycles. The number of nitrogens with two attached hydrogens (primary N) is 1. The average molecular weight is 277 g/mol. The van der Waals surface area contributed by atoms with Crippen molar-refractivity contribution in [1.29, 1.82) is 0 Å². The first-order valence-corrected chi connectivity index (χ1v) is 6.61. The molecule has 1 unspecified atom stereocenters. The Kier molecular flexibility index (Phi) is 3.07. The summed E-state index contributed by atoms with van der Waals surface area (Å²) in [7, 11) is 0. The van der Waals surface area contributed by atoms with Crippen LogP contribution in [0.15, 0.2) is 36.4 Å².